The predicted molar refractivity (Wildman–Crippen MR) is 90.7 cm³/mol. The van der Waals surface area contributed by atoms with Gasteiger partial charge < -0.3 is 8.92 Å². The molecule has 0 unspecified atom stereocenters. The van der Waals surface area contributed by atoms with Crippen LogP contribution in [0.5, 0.6) is 5.75 Å². The molecule has 0 radical (unpaired) electrons. The minimum atomic E-state index is -3.96. The van der Waals surface area contributed by atoms with Crippen molar-refractivity contribution in [3.8, 4) is 5.75 Å². The molecule has 0 saturated heterocycles. The number of carbonyl (C=O) groups excluding carboxylic acids is 1. The van der Waals surface area contributed by atoms with Gasteiger partial charge in [-0.15, -0.1) is 0 Å². The van der Waals surface area contributed by atoms with Crippen LogP contribution in [0.4, 0.5) is 0 Å². The lowest BCUT2D eigenvalue weighted by Crippen LogP contribution is -2.12. The highest BCUT2D eigenvalue weighted by atomic mass is 32.2. The lowest BCUT2D eigenvalue weighted by molar-refractivity contribution is 0.0600. The van der Waals surface area contributed by atoms with Crippen molar-refractivity contribution >= 4 is 16.1 Å². The molecule has 2 aromatic carbocycles. The second-order valence-electron chi connectivity index (χ2n) is 6.33. The summed E-state index contributed by atoms with van der Waals surface area (Å²) in [7, 11) is -2.70. The molecular formula is C18H20O5S. The van der Waals surface area contributed by atoms with E-state index in [-0.39, 0.29) is 21.6 Å². The monoisotopic (exact) mass is 348 g/mol. The van der Waals surface area contributed by atoms with E-state index in [1.54, 1.807) is 12.1 Å². The van der Waals surface area contributed by atoms with Crippen LogP contribution in [0.1, 0.15) is 36.7 Å². The Hall–Kier alpha value is -2.34. The normalized spacial score (nSPS) is 11.8. The zero-order valence-electron chi connectivity index (χ0n) is 14.1. The number of ether oxygens (including phenoxy) is 1. The van der Waals surface area contributed by atoms with E-state index in [1.807, 2.05) is 12.1 Å². The first-order valence-electron chi connectivity index (χ1n) is 7.37. The van der Waals surface area contributed by atoms with Crippen LogP contribution in [0.2, 0.25) is 0 Å². The van der Waals surface area contributed by atoms with Gasteiger partial charge in [0.25, 0.3) is 0 Å². The minimum Gasteiger partial charge on any atom is -0.465 e. The van der Waals surface area contributed by atoms with Gasteiger partial charge in [-0.1, -0.05) is 32.9 Å². The fraction of sp³-hybridized carbons (Fsp3) is 0.278. The minimum absolute atomic E-state index is 0.0267. The Labute approximate surface area is 142 Å². The Bertz CT molecular complexity index is 813. The summed E-state index contributed by atoms with van der Waals surface area (Å²) in [4.78, 5) is 11.3. The number of esters is 1. The number of hydrogen-bond acceptors (Lipinski definition) is 5. The maximum Gasteiger partial charge on any atom is 0.339 e. The van der Waals surface area contributed by atoms with E-state index in [0.29, 0.717) is 0 Å². The first kappa shape index (κ1) is 18.0. The molecular weight excluding hydrogens is 328 g/mol. The maximum atomic E-state index is 12.3. The van der Waals surface area contributed by atoms with Gasteiger partial charge in [0.15, 0.2) is 0 Å². The van der Waals surface area contributed by atoms with Crippen molar-refractivity contribution in [2.75, 3.05) is 7.11 Å². The molecule has 6 heteroatoms. The lowest BCUT2D eigenvalue weighted by Gasteiger charge is -2.19. The molecule has 0 N–H and O–H groups in total. The Morgan fingerprint density at radius 2 is 1.46 bits per heavy atom. The van der Waals surface area contributed by atoms with Gasteiger partial charge in [-0.05, 0) is 47.4 Å². The van der Waals surface area contributed by atoms with E-state index >= 15 is 0 Å². The molecule has 0 aromatic heterocycles. The van der Waals surface area contributed by atoms with Crippen molar-refractivity contribution in [2.24, 2.45) is 0 Å². The molecule has 128 valence electrons. The van der Waals surface area contributed by atoms with Crippen molar-refractivity contribution in [3.05, 3.63) is 59.7 Å². The van der Waals surface area contributed by atoms with Crippen LogP contribution in [-0.4, -0.2) is 21.5 Å². The van der Waals surface area contributed by atoms with E-state index in [2.05, 4.69) is 25.5 Å². The van der Waals surface area contributed by atoms with Crippen LogP contribution in [0.3, 0.4) is 0 Å². The van der Waals surface area contributed by atoms with Crippen LogP contribution in [0.25, 0.3) is 0 Å². The molecule has 0 heterocycles. The largest absolute Gasteiger partial charge is 0.465 e. The van der Waals surface area contributed by atoms with Gasteiger partial charge in [-0.25, -0.2) is 4.79 Å². The van der Waals surface area contributed by atoms with Crippen LogP contribution < -0.4 is 4.18 Å². The molecule has 0 spiro atoms. The first-order chi connectivity index (χ1) is 11.1. The fourth-order valence-corrected chi connectivity index (χ4v) is 2.99. The van der Waals surface area contributed by atoms with Crippen molar-refractivity contribution in [2.45, 2.75) is 31.1 Å². The number of carbonyl (C=O) groups is 1. The molecule has 0 amide bonds. The molecule has 0 aliphatic heterocycles. The van der Waals surface area contributed by atoms with E-state index in [9.17, 15) is 13.2 Å². The summed E-state index contributed by atoms with van der Waals surface area (Å²) in [5, 5.41) is 0. The number of benzene rings is 2. The van der Waals surface area contributed by atoms with Gasteiger partial charge in [-0.3, -0.25) is 0 Å². The topological polar surface area (TPSA) is 69.7 Å². The summed E-state index contributed by atoms with van der Waals surface area (Å²) in [6.45, 7) is 6.22. The second-order valence-corrected chi connectivity index (χ2v) is 7.87. The van der Waals surface area contributed by atoms with Crippen molar-refractivity contribution in [3.63, 3.8) is 0 Å². The summed E-state index contributed by atoms with van der Waals surface area (Å²) in [5.74, 6) is -0.294. The average Bonchev–Trinajstić information content (AvgIpc) is 2.53. The van der Waals surface area contributed by atoms with Gasteiger partial charge in [0, 0.05) is 0 Å². The SMILES string of the molecule is COC(=O)c1ccc(S(=O)(=O)Oc2ccc(C(C)(C)C)cc2)cc1. The highest BCUT2D eigenvalue weighted by Crippen LogP contribution is 2.26. The molecule has 0 aliphatic carbocycles. The second kappa shape index (κ2) is 6.65. The molecule has 0 saturated carbocycles. The average molecular weight is 348 g/mol. The zero-order chi connectivity index (χ0) is 18.0. The Morgan fingerprint density at radius 3 is 1.92 bits per heavy atom. The third kappa shape index (κ3) is 4.14. The van der Waals surface area contributed by atoms with Crippen molar-refractivity contribution in [1.82, 2.24) is 0 Å². The number of hydrogen-bond donors (Lipinski definition) is 0. The van der Waals surface area contributed by atoms with Gasteiger partial charge >= 0.3 is 16.1 Å². The van der Waals surface area contributed by atoms with Crippen LogP contribution in [-0.2, 0) is 20.3 Å². The van der Waals surface area contributed by atoms with Crippen LogP contribution >= 0.6 is 0 Å². The molecule has 2 aromatic rings. The first-order valence-corrected chi connectivity index (χ1v) is 8.78. The van der Waals surface area contributed by atoms with Crippen LogP contribution in [0.15, 0.2) is 53.4 Å². The van der Waals surface area contributed by atoms with Gasteiger partial charge in [-0.2, -0.15) is 8.42 Å². The van der Waals surface area contributed by atoms with Gasteiger partial charge in [0.1, 0.15) is 10.6 Å². The molecule has 0 atom stereocenters. The van der Waals surface area contributed by atoms with Gasteiger partial charge in [0.05, 0.1) is 12.7 Å². The molecule has 24 heavy (non-hydrogen) atoms. The van der Waals surface area contributed by atoms with E-state index in [4.69, 9.17) is 4.18 Å². The van der Waals surface area contributed by atoms with Crippen LogP contribution in [0, 0.1) is 0 Å². The smallest absolute Gasteiger partial charge is 0.339 e. The Balaban J connectivity index is 2.20. The third-order valence-corrected chi connectivity index (χ3v) is 4.75. The predicted octanol–water partition coefficient (Wildman–Crippen LogP) is 3.54. The summed E-state index contributed by atoms with van der Waals surface area (Å²) in [6, 6.07) is 12.3. The van der Waals surface area contributed by atoms with Gasteiger partial charge in [0.2, 0.25) is 0 Å². The number of rotatable bonds is 4. The van der Waals surface area contributed by atoms with Crippen molar-refractivity contribution in [1.29, 1.82) is 0 Å². The highest BCUT2D eigenvalue weighted by Gasteiger charge is 2.19. The molecule has 0 bridgehead atoms. The molecule has 0 fully saturated rings. The molecule has 0 aliphatic rings. The standard InChI is InChI=1S/C18H20O5S/c1-18(2,3)14-7-9-15(10-8-14)23-24(20,21)16-11-5-13(6-12-16)17(19)22-4/h5-12H,1-4H3. The summed E-state index contributed by atoms with van der Waals surface area (Å²) >= 11 is 0. The Kier molecular flexibility index (Phi) is 4.99. The summed E-state index contributed by atoms with van der Waals surface area (Å²) in [6.07, 6.45) is 0. The third-order valence-electron chi connectivity index (χ3n) is 3.49. The van der Waals surface area contributed by atoms with E-state index in [0.717, 1.165) is 5.56 Å². The van der Waals surface area contributed by atoms with Crippen molar-refractivity contribution < 1.29 is 22.1 Å². The number of methoxy groups -OCH3 is 1. The molecule has 5 nitrogen and oxygen atoms in total. The lowest BCUT2D eigenvalue weighted by atomic mass is 9.87. The fourth-order valence-electron chi connectivity index (χ4n) is 2.06. The molecule has 2 rings (SSSR count). The van der Waals surface area contributed by atoms with E-state index in [1.165, 1.54) is 31.4 Å². The zero-order valence-corrected chi connectivity index (χ0v) is 14.9. The maximum absolute atomic E-state index is 12.3. The Morgan fingerprint density at radius 1 is 0.917 bits per heavy atom. The quantitative estimate of drug-likeness (QED) is 0.624. The van der Waals surface area contributed by atoms with E-state index < -0.39 is 16.1 Å². The summed E-state index contributed by atoms with van der Waals surface area (Å²) in [5.41, 5.74) is 1.32. The highest BCUT2D eigenvalue weighted by molar-refractivity contribution is 7.87. The summed E-state index contributed by atoms with van der Waals surface area (Å²) < 4.78 is 34.3.